The molecule has 0 spiro atoms. The van der Waals surface area contributed by atoms with Gasteiger partial charge in [0.25, 0.3) is 0 Å². The predicted molar refractivity (Wildman–Crippen MR) is 65.2 cm³/mol. The summed E-state index contributed by atoms with van der Waals surface area (Å²) >= 11 is 0. The molecule has 14 heavy (non-hydrogen) atoms. The number of rotatable bonds is 0. The molecule has 0 heteroatoms. The topological polar surface area (TPSA) is 0 Å². The van der Waals surface area contributed by atoms with E-state index >= 15 is 0 Å². The van der Waals surface area contributed by atoms with E-state index < -0.39 is 0 Å². The Morgan fingerprint density at radius 2 is 0.786 bits per heavy atom. The van der Waals surface area contributed by atoms with Gasteiger partial charge < -0.3 is 0 Å². The summed E-state index contributed by atoms with van der Waals surface area (Å²) in [6, 6.07) is 0. The van der Waals surface area contributed by atoms with E-state index in [9.17, 15) is 0 Å². The van der Waals surface area contributed by atoms with Gasteiger partial charge in [0.2, 0.25) is 0 Å². The lowest BCUT2D eigenvalue weighted by molar-refractivity contribution is 0.566. The van der Waals surface area contributed by atoms with Crippen LogP contribution in [0, 0.1) is 12.8 Å². The minimum atomic E-state index is 1.32. The highest BCUT2D eigenvalue weighted by Gasteiger charge is 1.92. The van der Waals surface area contributed by atoms with Crippen molar-refractivity contribution >= 4 is 0 Å². The van der Waals surface area contributed by atoms with E-state index in [1.807, 2.05) is 0 Å². The lowest BCUT2D eigenvalue weighted by Crippen LogP contribution is -1.82. The Morgan fingerprint density at radius 3 is 1.14 bits per heavy atom. The molecule has 0 saturated carbocycles. The summed E-state index contributed by atoms with van der Waals surface area (Å²) in [7, 11) is 0. The van der Waals surface area contributed by atoms with Crippen LogP contribution in [-0.2, 0) is 0 Å². The molecule has 1 aliphatic rings. The van der Waals surface area contributed by atoms with E-state index in [0.717, 1.165) is 0 Å². The molecule has 0 aromatic rings. The minimum absolute atomic E-state index is 1.32. The van der Waals surface area contributed by atoms with Crippen molar-refractivity contribution in [3.63, 3.8) is 0 Å². The van der Waals surface area contributed by atoms with Gasteiger partial charge in [0.15, 0.2) is 0 Å². The van der Waals surface area contributed by atoms with Crippen LogP contribution >= 0.6 is 0 Å². The van der Waals surface area contributed by atoms with E-state index in [-0.39, 0.29) is 0 Å². The minimum Gasteiger partial charge on any atom is -0.124 e. The molecule has 0 N–H and O–H groups in total. The Balaban J connectivity index is 0.000000791. The molecule has 0 aliphatic heterocycles. The van der Waals surface area contributed by atoms with Crippen molar-refractivity contribution in [2.45, 2.75) is 64.2 Å². The summed E-state index contributed by atoms with van der Waals surface area (Å²) in [6.45, 7) is 0. The Morgan fingerprint density at radius 1 is 0.500 bits per heavy atom. The molecule has 0 nitrogen and oxygen atoms in total. The average Bonchev–Trinajstić information content (AvgIpc) is 2.22. The summed E-state index contributed by atoms with van der Waals surface area (Å²) in [5.74, 6) is 0. The second-order valence-corrected chi connectivity index (χ2v) is 3.88. The second kappa shape index (κ2) is 12.3. The van der Waals surface area contributed by atoms with E-state index in [2.05, 4.69) is 25.0 Å². The van der Waals surface area contributed by atoms with Crippen LogP contribution < -0.4 is 0 Å². The first-order valence-electron chi connectivity index (χ1n) is 5.98. The third-order valence-electron chi connectivity index (χ3n) is 2.66. The maximum absolute atomic E-state index is 4.00. The zero-order valence-corrected chi connectivity index (χ0v) is 9.38. The first kappa shape index (κ1) is 13.3. The maximum Gasteiger partial charge on any atom is -0.0351 e. The van der Waals surface area contributed by atoms with Crippen molar-refractivity contribution in [2.75, 3.05) is 0 Å². The van der Waals surface area contributed by atoms with Crippen LogP contribution in [0.3, 0.4) is 0 Å². The third kappa shape index (κ3) is 9.39. The lowest BCUT2D eigenvalue weighted by atomic mass is 10.0. The number of hydrogen-bond donors (Lipinski definition) is 0. The summed E-state index contributed by atoms with van der Waals surface area (Å²) in [5.41, 5.74) is 0. The van der Waals surface area contributed by atoms with Crippen LogP contribution in [0.1, 0.15) is 64.2 Å². The molecule has 0 atom stereocenters. The average molecular weight is 192 g/mol. The van der Waals surface area contributed by atoms with Crippen molar-refractivity contribution in [1.82, 2.24) is 0 Å². The van der Waals surface area contributed by atoms with Crippen molar-refractivity contribution in [3.05, 3.63) is 12.2 Å². The fourth-order valence-corrected chi connectivity index (χ4v) is 1.82. The quantitative estimate of drug-likeness (QED) is 0.385. The fourth-order valence-electron chi connectivity index (χ4n) is 1.82. The number of hydrogen-bond acceptors (Lipinski definition) is 0. The number of allylic oxidation sites excluding steroid dienone is 2. The van der Waals surface area contributed by atoms with E-state index in [1.54, 1.807) is 0 Å². The molecule has 0 amide bonds. The number of terminal acetylenes is 1. The molecular formula is C14H24. The van der Waals surface area contributed by atoms with Gasteiger partial charge in [-0.15, -0.1) is 12.8 Å². The Kier molecular flexibility index (Phi) is 11.7. The largest absolute Gasteiger partial charge is 0.124 e. The molecule has 0 aromatic heterocycles. The van der Waals surface area contributed by atoms with Gasteiger partial charge in [-0.05, 0) is 25.7 Å². The molecule has 0 bridgehead atoms. The van der Waals surface area contributed by atoms with E-state index in [1.165, 1.54) is 64.2 Å². The van der Waals surface area contributed by atoms with Crippen LogP contribution in [0.25, 0.3) is 0 Å². The molecule has 1 aliphatic carbocycles. The zero-order valence-electron chi connectivity index (χ0n) is 9.38. The standard InChI is InChI=1S/C12H22.C2H2/c1-2-4-6-8-10-12-11-9-7-5-3-1;1-2/h1-2H,3-12H2;1-2H. The third-order valence-corrected chi connectivity index (χ3v) is 2.66. The van der Waals surface area contributed by atoms with Crippen LogP contribution in [0.15, 0.2) is 12.2 Å². The highest BCUT2D eigenvalue weighted by molar-refractivity contribution is 4.81. The van der Waals surface area contributed by atoms with E-state index in [0.29, 0.717) is 0 Å². The SMILES string of the molecule is C#C.C1=CCCCCCCCCCC1. The van der Waals surface area contributed by atoms with Crippen LogP contribution in [-0.4, -0.2) is 0 Å². The van der Waals surface area contributed by atoms with Crippen molar-refractivity contribution in [1.29, 1.82) is 0 Å². The van der Waals surface area contributed by atoms with Gasteiger partial charge in [0, 0.05) is 0 Å². The monoisotopic (exact) mass is 192 g/mol. The van der Waals surface area contributed by atoms with Crippen molar-refractivity contribution < 1.29 is 0 Å². The van der Waals surface area contributed by atoms with Gasteiger partial charge in [-0.3, -0.25) is 0 Å². The lowest BCUT2D eigenvalue weighted by Gasteiger charge is -2.02. The first-order chi connectivity index (χ1) is 7.00. The van der Waals surface area contributed by atoms with Gasteiger partial charge in [0.1, 0.15) is 0 Å². The van der Waals surface area contributed by atoms with Crippen LogP contribution in [0.4, 0.5) is 0 Å². The predicted octanol–water partition coefficient (Wildman–Crippen LogP) is 4.71. The van der Waals surface area contributed by atoms with E-state index in [4.69, 9.17) is 0 Å². The zero-order chi connectivity index (χ0) is 10.5. The summed E-state index contributed by atoms with van der Waals surface area (Å²) in [6.07, 6.45) is 27.0. The molecule has 0 unspecified atom stereocenters. The summed E-state index contributed by atoms with van der Waals surface area (Å²) < 4.78 is 0. The van der Waals surface area contributed by atoms with Gasteiger partial charge in [-0.2, -0.15) is 0 Å². The highest BCUT2D eigenvalue weighted by Crippen LogP contribution is 2.12. The van der Waals surface area contributed by atoms with Gasteiger partial charge in [-0.25, -0.2) is 0 Å². The Bertz CT molecular complexity index is 127. The van der Waals surface area contributed by atoms with Gasteiger partial charge >= 0.3 is 0 Å². The normalized spacial score (nSPS) is 19.6. The van der Waals surface area contributed by atoms with Gasteiger partial charge in [0.05, 0.1) is 0 Å². The molecule has 1 rings (SSSR count). The molecule has 0 heterocycles. The van der Waals surface area contributed by atoms with Crippen molar-refractivity contribution in [2.24, 2.45) is 0 Å². The Labute approximate surface area is 89.8 Å². The highest BCUT2D eigenvalue weighted by atomic mass is 14.0. The second-order valence-electron chi connectivity index (χ2n) is 3.88. The van der Waals surface area contributed by atoms with Gasteiger partial charge in [-0.1, -0.05) is 50.7 Å². The van der Waals surface area contributed by atoms with Crippen molar-refractivity contribution in [3.8, 4) is 12.8 Å². The fraction of sp³-hybridized carbons (Fsp3) is 0.714. The molecule has 0 aromatic carbocycles. The summed E-state index contributed by atoms with van der Waals surface area (Å²) in [5, 5.41) is 0. The Hall–Kier alpha value is -0.700. The van der Waals surface area contributed by atoms with Crippen LogP contribution in [0.2, 0.25) is 0 Å². The molecule has 0 radical (unpaired) electrons. The molecular weight excluding hydrogens is 168 g/mol. The van der Waals surface area contributed by atoms with Crippen LogP contribution in [0.5, 0.6) is 0 Å². The molecule has 0 saturated heterocycles. The molecule has 0 fully saturated rings. The smallest absolute Gasteiger partial charge is 0.0351 e. The maximum atomic E-state index is 4.00. The molecule has 80 valence electrons. The first-order valence-corrected chi connectivity index (χ1v) is 5.98. The summed E-state index contributed by atoms with van der Waals surface area (Å²) in [4.78, 5) is 0.